The highest BCUT2D eigenvalue weighted by molar-refractivity contribution is 5.27. The molecule has 106 heavy (non-hydrogen) atoms. The molecule has 0 spiro atoms. The third kappa shape index (κ3) is 15.6. The minimum Gasteiger partial charge on any atom is -0.394 e. The quantitative estimate of drug-likeness (QED) is 0.0423. The highest BCUT2D eigenvalue weighted by Crippen LogP contribution is 2.70. The molecular formula is C69H114O37. The van der Waals surface area contributed by atoms with Crippen LogP contribution in [0.4, 0.5) is 0 Å². The first-order valence-electron chi connectivity index (χ1n) is 37.3. The highest BCUT2D eigenvalue weighted by atomic mass is 16.8. The van der Waals surface area contributed by atoms with E-state index in [1.165, 1.54) is 13.8 Å². The van der Waals surface area contributed by atoms with Crippen LogP contribution in [0.15, 0.2) is 11.6 Å². The van der Waals surface area contributed by atoms with E-state index in [2.05, 4.69) is 26.8 Å². The van der Waals surface area contributed by atoms with Crippen LogP contribution >= 0.6 is 0 Å². The SMILES string of the molecule is CC(CCC1(O)O[C@H]2C[C@H]3[C@@H]4CC=C5C[C@@H](O[C@@H]6O[C@H](CO)[C@@H](O[C@@H]7O[C@H](CO)[C@@H](O)[C@H](O[C@@H]8O[C@H](C)[C@@H](O)[C@H](O)[C@@H]8O)[C@H]7O[C@@H]7O[C@H](CO)[C@@H](O[C@@H]8O[C@H](CO)[C@@H](O)[C@H](O)[C@H]8O)[C@H](O)[C@H]7O)[C@H](O)[C@H]6O[C@@H]6O[C@H](C)[C@@H](O)[C@H](O)[C@@H]6O)CC[C@]5(C)[C@H]4CC[C@]3(C)[C@H]2[C@@H]1C)CO[C@@H]1O[C@H](CO)[C@@H](O)[C@H](O)[C@H]1O. The van der Waals surface area contributed by atoms with Gasteiger partial charge in [0.15, 0.2) is 49.8 Å². The molecule has 37 heteroatoms. The van der Waals surface area contributed by atoms with Gasteiger partial charge in [0, 0.05) is 12.3 Å². The maximum Gasteiger partial charge on any atom is 0.187 e. The normalized spacial score (nSPS) is 55.1. The lowest BCUT2D eigenvalue weighted by molar-refractivity contribution is -0.415. The summed E-state index contributed by atoms with van der Waals surface area (Å²) in [6, 6.07) is 0. The van der Waals surface area contributed by atoms with Crippen molar-refractivity contribution in [1.82, 2.24) is 0 Å². The van der Waals surface area contributed by atoms with Crippen molar-refractivity contribution >= 4 is 0 Å². The van der Waals surface area contributed by atoms with Gasteiger partial charge in [-0.05, 0) is 106 Å². The minimum atomic E-state index is -2.29. The van der Waals surface area contributed by atoms with Crippen molar-refractivity contribution in [1.29, 1.82) is 0 Å². The van der Waals surface area contributed by atoms with Crippen LogP contribution in [0.25, 0.3) is 0 Å². The monoisotopic (exact) mass is 1530 g/mol. The van der Waals surface area contributed by atoms with E-state index in [0.29, 0.717) is 32.1 Å². The van der Waals surface area contributed by atoms with E-state index in [-0.39, 0.29) is 59.0 Å². The number of aliphatic hydroxyl groups excluding tert-OH is 21. The fourth-order valence-electron chi connectivity index (χ4n) is 19.4. The van der Waals surface area contributed by atoms with Gasteiger partial charge in [0.2, 0.25) is 0 Å². The average molecular weight is 1540 g/mol. The highest BCUT2D eigenvalue weighted by Gasteiger charge is 2.69. The van der Waals surface area contributed by atoms with Gasteiger partial charge in [0.25, 0.3) is 0 Å². The van der Waals surface area contributed by atoms with Crippen molar-refractivity contribution in [3.63, 3.8) is 0 Å². The zero-order valence-corrected chi connectivity index (χ0v) is 60.0. The van der Waals surface area contributed by atoms with Crippen LogP contribution in [-0.2, 0) is 71.1 Å². The van der Waals surface area contributed by atoms with Gasteiger partial charge in [-0.25, -0.2) is 0 Å². The molecule has 2 unspecified atom stereocenters. The number of hydrogen-bond acceptors (Lipinski definition) is 37. The van der Waals surface area contributed by atoms with Crippen molar-refractivity contribution < 1.29 is 183 Å². The van der Waals surface area contributed by atoms with Crippen molar-refractivity contribution in [2.45, 2.75) is 332 Å². The summed E-state index contributed by atoms with van der Waals surface area (Å²) in [5.41, 5.74) is 0.662. The zero-order chi connectivity index (χ0) is 76.8. The summed E-state index contributed by atoms with van der Waals surface area (Å²) in [5, 5.41) is 242. The molecule has 0 bridgehead atoms. The number of aliphatic hydroxyl groups is 22. The number of rotatable bonds is 23. The standard InChI is InChI=1S/C69H114O37/c1-23(22-92-60-49(85)46(82)41(77)33(17-70)96-60)9-14-69(91)24(2)38-32(106-69)16-31-29-8-7-27-15-28(10-12-67(27,5)30(29)11-13-68(31,38)6)95-65-58(104-62-51(87)45(81)40(76)26(4)94-62)54(90)56(37(21-74)100-65)102-66-59(57(43(79)35(19-72)98-66)103-61-50(86)44(80)39(75)25(3)93-61)105-64-53(89)48(84)55(36(20-73)99-64)101-63-52(88)47(83)42(78)34(18-71)97-63/h7,23-26,28-66,70-91H,8-22H2,1-6H3/t23?,24-,25+,26+,28-,29+,30-,31-,32-,33+,34+,35+,36+,37+,38-,39+,40+,41+,42+,43+,44-,45-,46-,47-,48+,49+,50-,51-,52+,53+,54-,55+,56+,57-,58+,59+,60+,61-,62-,63-,64-,65+,66-,67-,68-,69?/m0/s1. The van der Waals surface area contributed by atoms with Crippen molar-refractivity contribution in [3.8, 4) is 0 Å². The fourth-order valence-corrected chi connectivity index (χ4v) is 19.4. The molecule has 12 aliphatic rings. The van der Waals surface area contributed by atoms with Gasteiger partial charge in [-0.1, -0.05) is 39.3 Å². The van der Waals surface area contributed by atoms with Crippen molar-refractivity contribution in [2.75, 3.05) is 39.6 Å². The molecule has 3 saturated carbocycles. The van der Waals surface area contributed by atoms with Gasteiger partial charge < -0.3 is 183 Å². The average Bonchev–Trinajstić information content (AvgIpc) is 1.51. The third-order valence-corrected chi connectivity index (χ3v) is 25.8. The molecule has 612 valence electrons. The molecular weight excluding hydrogens is 1420 g/mol. The van der Waals surface area contributed by atoms with Crippen molar-refractivity contribution in [2.24, 2.45) is 46.3 Å². The Bertz CT molecular complexity index is 2870. The zero-order valence-electron chi connectivity index (χ0n) is 60.0. The number of hydrogen-bond donors (Lipinski definition) is 22. The summed E-state index contributed by atoms with van der Waals surface area (Å²) in [6.45, 7) is 6.87. The second-order valence-corrected chi connectivity index (χ2v) is 32.2. The van der Waals surface area contributed by atoms with E-state index in [4.69, 9.17) is 71.1 Å². The summed E-state index contributed by atoms with van der Waals surface area (Å²) < 4.78 is 91.7. The lowest BCUT2D eigenvalue weighted by Gasteiger charge is -2.58. The summed E-state index contributed by atoms with van der Waals surface area (Å²) in [7, 11) is 0. The largest absolute Gasteiger partial charge is 0.394 e. The topological polar surface area (TPSA) is 584 Å². The van der Waals surface area contributed by atoms with E-state index < -0.39 is 260 Å². The van der Waals surface area contributed by atoms with E-state index >= 15 is 0 Å². The molecule has 37 nitrogen and oxygen atoms in total. The molecule has 11 fully saturated rings. The first kappa shape index (κ1) is 83.7. The van der Waals surface area contributed by atoms with Gasteiger partial charge in [-0.15, -0.1) is 0 Å². The molecule has 0 aromatic heterocycles. The maximum atomic E-state index is 12.9. The lowest BCUT2D eigenvalue weighted by atomic mass is 9.47. The van der Waals surface area contributed by atoms with Crippen LogP contribution in [0.5, 0.6) is 0 Å². The summed E-state index contributed by atoms with van der Waals surface area (Å²) in [4.78, 5) is 0. The smallest absolute Gasteiger partial charge is 0.187 e. The van der Waals surface area contributed by atoms with E-state index in [0.717, 1.165) is 31.3 Å². The predicted molar refractivity (Wildman–Crippen MR) is 347 cm³/mol. The van der Waals surface area contributed by atoms with E-state index in [9.17, 15) is 112 Å². The van der Waals surface area contributed by atoms with Crippen LogP contribution in [0.1, 0.15) is 99.3 Å². The second-order valence-electron chi connectivity index (χ2n) is 32.2. The van der Waals surface area contributed by atoms with Gasteiger partial charge in [-0.2, -0.15) is 0 Å². The number of ether oxygens (including phenoxy) is 15. The van der Waals surface area contributed by atoms with Crippen molar-refractivity contribution in [3.05, 3.63) is 11.6 Å². The van der Waals surface area contributed by atoms with Crippen LogP contribution in [-0.4, -0.2) is 385 Å². The van der Waals surface area contributed by atoms with E-state index in [1.54, 1.807) is 0 Å². The number of allylic oxidation sites excluding steroid dienone is 1. The maximum absolute atomic E-state index is 12.9. The Morgan fingerprint density at radius 3 is 1.46 bits per heavy atom. The molecule has 0 aromatic rings. The number of fused-ring (bicyclic) bond motifs is 7. The van der Waals surface area contributed by atoms with Gasteiger partial charge in [0.1, 0.15) is 159 Å². The molecule has 8 aliphatic heterocycles. The first-order chi connectivity index (χ1) is 50.2. The molecule has 22 N–H and O–H groups in total. The summed E-state index contributed by atoms with van der Waals surface area (Å²) >= 11 is 0. The molecule has 12 rings (SSSR count). The molecule has 0 amide bonds. The molecule has 46 atom stereocenters. The Hall–Kier alpha value is -1.74. The fraction of sp³-hybridized carbons (Fsp3) is 0.971. The van der Waals surface area contributed by atoms with Gasteiger partial charge in [0.05, 0.1) is 64.1 Å². The summed E-state index contributed by atoms with van der Waals surface area (Å²) in [5.74, 6) is -0.948. The van der Waals surface area contributed by atoms with E-state index in [1.807, 2.05) is 6.92 Å². The first-order valence-corrected chi connectivity index (χ1v) is 37.3. The molecule has 8 heterocycles. The Balaban J connectivity index is 0.762. The van der Waals surface area contributed by atoms with Crippen LogP contribution in [0.3, 0.4) is 0 Å². The molecule has 0 aromatic carbocycles. The molecule has 0 radical (unpaired) electrons. The Morgan fingerprint density at radius 1 is 0.443 bits per heavy atom. The lowest BCUT2D eigenvalue weighted by Crippen LogP contribution is -2.69. The Morgan fingerprint density at radius 2 is 0.887 bits per heavy atom. The Kier molecular flexibility index (Phi) is 26.5. The second kappa shape index (κ2) is 33.6. The molecule has 4 aliphatic carbocycles. The summed E-state index contributed by atoms with van der Waals surface area (Å²) in [6.07, 6.45) is -56.2. The third-order valence-electron chi connectivity index (χ3n) is 25.8. The van der Waals surface area contributed by atoms with Crippen LogP contribution in [0.2, 0.25) is 0 Å². The van der Waals surface area contributed by atoms with Gasteiger partial charge in [-0.3, -0.25) is 0 Å². The molecule has 8 saturated heterocycles. The van der Waals surface area contributed by atoms with Crippen LogP contribution < -0.4 is 0 Å². The predicted octanol–water partition coefficient (Wildman–Crippen LogP) is -8.51. The van der Waals surface area contributed by atoms with Crippen LogP contribution in [0, 0.1) is 46.3 Å². The van der Waals surface area contributed by atoms with Gasteiger partial charge >= 0.3 is 0 Å². The minimum absolute atomic E-state index is 0.0568. The Labute approximate surface area is 611 Å².